The number of carboxylic acids is 1. The molecule has 0 radical (unpaired) electrons. The van der Waals surface area contributed by atoms with Gasteiger partial charge in [0.15, 0.2) is 0 Å². The van der Waals surface area contributed by atoms with Gasteiger partial charge in [-0.1, -0.05) is 32.9 Å². The van der Waals surface area contributed by atoms with Crippen LogP contribution in [-0.2, 0) is 20.8 Å². The van der Waals surface area contributed by atoms with Crippen LogP contribution in [-0.4, -0.2) is 29.4 Å². The summed E-state index contributed by atoms with van der Waals surface area (Å²) in [5, 5.41) is 13.9. The van der Waals surface area contributed by atoms with E-state index in [1.807, 2.05) is 20.8 Å². The Kier molecular flexibility index (Phi) is 6.75. The van der Waals surface area contributed by atoms with Gasteiger partial charge in [0.2, 0.25) is 11.8 Å². The lowest BCUT2D eigenvalue weighted by Gasteiger charge is -2.17. The molecule has 6 nitrogen and oxygen atoms in total. The van der Waals surface area contributed by atoms with Gasteiger partial charge in [0.1, 0.15) is 0 Å². The van der Waals surface area contributed by atoms with Crippen molar-refractivity contribution in [2.75, 3.05) is 11.9 Å². The molecule has 6 heteroatoms. The number of carbonyl (C=O) groups is 3. The van der Waals surface area contributed by atoms with Gasteiger partial charge in [0.05, 0.1) is 6.54 Å². The second-order valence-corrected chi connectivity index (χ2v) is 6.65. The number of amides is 2. The van der Waals surface area contributed by atoms with Crippen LogP contribution in [0.2, 0.25) is 0 Å². The monoisotopic (exact) mass is 320 g/mol. The summed E-state index contributed by atoms with van der Waals surface area (Å²) in [5.41, 5.74) is 1.38. The Morgan fingerprint density at radius 2 is 1.65 bits per heavy atom. The molecular weight excluding hydrogens is 296 g/mol. The second kappa shape index (κ2) is 8.31. The highest BCUT2D eigenvalue weighted by atomic mass is 16.4. The van der Waals surface area contributed by atoms with Gasteiger partial charge in [0.25, 0.3) is 0 Å². The van der Waals surface area contributed by atoms with E-state index in [1.54, 1.807) is 24.3 Å². The molecule has 1 aromatic rings. The molecule has 0 bridgehead atoms. The molecule has 1 rings (SSSR count). The Hall–Kier alpha value is -2.37. The highest BCUT2D eigenvalue weighted by Gasteiger charge is 2.16. The lowest BCUT2D eigenvalue weighted by molar-refractivity contribution is -0.137. The normalized spacial score (nSPS) is 10.9. The number of hydrogen-bond acceptors (Lipinski definition) is 3. The van der Waals surface area contributed by atoms with Crippen LogP contribution in [0.4, 0.5) is 5.69 Å². The molecule has 1 aromatic carbocycles. The number of hydrogen-bond donors (Lipinski definition) is 3. The minimum atomic E-state index is -0.839. The molecular formula is C17H24N2O4. The number of benzene rings is 1. The zero-order valence-corrected chi connectivity index (χ0v) is 13.8. The molecule has 0 aliphatic carbocycles. The number of rotatable bonds is 7. The molecule has 0 heterocycles. The average molecular weight is 320 g/mol. The van der Waals surface area contributed by atoms with Crippen LogP contribution in [0.1, 0.15) is 39.2 Å². The maximum absolute atomic E-state index is 11.8. The highest BCUT2D eigenvalue weighted by molar-refractivity contribution is 5.94. The van der Waals surface area contributed by atoms with Crippen molar-refractivity contribution in [3.8, 4) is 0 Å². The van der Waals surface area contributed by atoms with Crippen molar-refractivity contribution >= 4 is 23.5 Å². The summed E-state index contributed by atoms with van der Waals surface area (Å²) in [6, 6.07) is 6.98. The molecule has 0 aliphatic rings. The van der Waals surface area contributed by atoms with Gasteiger partial charge in [-0.3, -0.25) is 14.4 Å². The van der Waals surface area contributed by atoms with Crippen LogP contribution in [0.15, 0.2) is 24.3 Å². The quantitative estimate of drug-likeness (QED) is 0.717. The van der Waals surface area contributed by atoms with E-state index in [1.165, 1.54) is 0 Å². The molecule has 0 saturated carbocycles. The van der Waals surface area contributed by atoms with E-state index in [0.717, 1.165) is 5.56 Å². The van der Waals surface area contributed by atoms with Crippen molar-refractivity contribution in [1.29, 1.82) is 0 Å². The van der Waals surface area contributed by atoms with Gasteiger partial charge >= 0.3 is 5.97 Å². The van der Waals surface area contributed by atoms with Crippen molar-refractivity contribution in [2.24, 2.45) is 5.41 Å². The maximum atomic E-state index is 11.8. The molecule has 0 saturated heterocycles. The van der Waals surface area contributed by atoms with Crippen LogP contribution in [0.25, 0.3) is 0 Å². The van der Waals surface area contributed by atoms with Crippen molar-refractivity contribution in [1.82, 2.24) is 5.32 Å². The van der Waals surface area contributed by atoms with E-state index in [4.69, 9.17) is 5.11 Å². The molecule has 126 valence electrons. The third kappa shape index (κ3) is 8.60. The van der Waals surface area contributed by atoms with Crippen LogP contribution in [0, 0.1) is 5.41 Å². The molecule has 2 amide bonds. The molecule has 23 heavy (non-hydrogen) atoms. The minimum Gasteiger partial charge on any atom is -0.481 e. The lowest BCUT2D eigenvalue weighted by Crippen LogP contribution is -2.34. The van der Waals surface area contributed by atoms with E-state index in [2.05, 4.69) is 10.6 Å². The highest BCUT2D eigenvalue weighted by Crippen LogP contribution is 2.17. The summed E-state index contributed by atoms with van der Waals surface area (Å²) in [6.07, 6.45) is 0.885. The summed E-state index contributed by atoms with van der Waals surface area (Å²) in [5.74, 6) is -1.30. The van der Waals surface area contributed by atoms with Crippen molar-refractivity contribution in [3.05, 3.63) is 29.8 Å². The average Bonchev–Trinajstić information content (AvgIpc) is 2.42. The van der Waals surface area contributed by atoms with E-state index in [0.29, 0.717) is 18.5 Å². The summed E-state index contributed by atoms with van der Waals surface area (Å²) in [7, 11) is 0. The second-order valence-electron chi connectivity index (χ2n) is 6.65. The van der Waals surface area contributed by atoms with Gasteiger partial charge in [-0.25, -0.2) is 0 Å². The van der Waals surface area contributed by atoms with Gasteiger partial charge in [-0.15, -0.1) is 0 Å². The largest absolute Gasteiger partial charge is 0.481 e. The zero-order valence-electron chi connectivity index (χ0n) is 13.8. The van der Waals surface area contributed by atoms with Crippen LogP contribution >= 0.6 is 0 Å². The van der Waals surface area contributed by atoms with Crippen molar-refractivity contribution in [2.45, 2.75) is 40.0 Å². The fraction of sp³-hybridized carbons (Fsp3) is 0.471. The van der Waals surface area contributed by atoms with Gasteiger partial charge < -0.3 is 15.7 Å². The first kappa shape index (κ1) is 18.7. The summed E-state index contributed by atoms with van der Waals surface area (Å²) >= 11 is 0. The summed E-state index contributed by atoms with van der Waals surface area (Å²) in [6.45, 7) is 5.80. The van der Waals surface area contributed by atoms with Crippen LogP contribution < -0.4 is 10.6 Å². The smallest absolute Gasteiger partial charge is 0.303 e. The Labute approximate surface area is 136 Å². The number of aliphatic carboxylic acids is 1. The number of carbonyl (C=O) groups excluding carboxylic acids is 2. The number of nitrogens with one attached hydrogen (secondary N) is 2. The maximum Gasteiger partial charge on any atom is 0.303 e. The molecule has 0 aromatic heterocycles. The SMILES string of the molecule is CC(C)(C)CC(=O)NCC(=O)Nc1ccc(CCC(=O)O)cc1. The van der Waals surface area contributed by atoms with Gasteiger partial charge in [-0.2, -0.15) is 0 Å². The fourth-order valence-electron chi connectivity index (χ4n) is 1.93. The number of anilines is 1. The Bertz CT molecular complexity index is 559. The van der Waals surface area contributed by atoms with E-state index in [9.17, 15) is 14.4 Å². The number of carboxylic acid groups (broad SMARTS) is 1. The summed E-state index contributed by atoms with van der Waals surface area (Å²) < 4.78 is 0. The lowest BCUT2D eigenvalue weighted by atomic mass is 9.92. The summed E-state index contributed by atoms with van der Waals surface area (Å²) in [4.78, 5) is 33.9. The molecule has 0 atom stereocenters. The molecule has 0 unspecified atom stereocenters. The number of aryl methyl sites for hydroxylation is 1. The first-order chi connectivity index (χ1) is 10.7. The van der Waals surface area contributed by atoms with Gasteiger partial charge in [-0.05, 0) is 29.5 Å². The molecule has 0 aliphatic heterocycles. The first-order valence-electron chi connectivity index (χ1n) is 7.53. The van der Waals surface area contributed by atoms with E-state index >= 15 is 0 Å². The topological polar surface area (TPSA) is 95.5 Å². The third-order valence-electron chi connectivity index (χ3n) is 3.00. The Morgan fingerprint density at radius 3 is 2.17 bits per heavy atom. The van der Waals surface area contributed by atoms with Gasteiger partial charge in [0, 0.05) is 18.5 Å². The van der Waals surface area contributed by atoms with E-state index < -0.39 is 5.97 Å². The zero-order chi connectivity index (χ0) is 17.5. The Morgan fingerprint density at radius 1 is 1.04 bits per heavy atom. The third-order valence-corrected chi connectivity index (χ3v) is 3.00. The van der Waals surface area contributed by atoms with Crippen LogP contribution in [0.5, 0.6) is 0 Å². The molecule has 0 fully saturated rings. The minimum absolute atomic E-state index is 0.0737. The Balaban J connectivity index is 2.39. The standard InChI is InChI=1S/C17H24N2O4/c1-17(2,3)10-14(20)18-11-15(21)19-13-7-4-12(5-8-13)6-9-16(22)23/h4-5,7-8H,6,9-11H2,1-3H3,(H,18,20)(H,19,21)(H,22,23). The first-order valence-corrected chi connectivity index (χ1v) is 7.53. The van der Waals surface area contributed by atoms with E-state index in [-0.39, 0.29) is 30.2 Å². The van der Waals surface area contributed by atoms with Crippen molar-refractivity contribution in [3.63, 3.8) is 0 Å². The fourth-order valence-corrected chi connectivity index (χ4v) is 1.93. The molecule has 3 N–H and O–H groups in total. The predicted molar refractivity (Wildman–Crippen MR) is 88.1 cm³/mol. The molecule has 0 spiro atoms. The van der Waals surface area contributed by atoms with Crippen LogP contribution in [0.3, 0.4) is 0 Å². The van der Waals surface area contributed by atoms with Crippen molar-refractivity contribution < 1.29 is 19.5 Å². The predicted octanol–water partition coefficient (Wildman–Crippen LogP) is 2.19.